The van der Waals surface area contributed by atoms with Crippen molar-refractivity contribution in [3.8, 4) is 0 Å². The van der Waals surface area contributed by atoms with E-state index in [1.807, 2.05) is 47.8 Å². The highest BCUT2D eigenvalue weighted by atomic mass is 32.2. The molecule has 4 nitrogen and oxygen atoms in total. The van der Waals surface area contributed by atoms with Crippen LogP contribution in [-0.4, -0.2) is 43.4 Å². The second-order valence-electron chi connectivity index (χ2n) is 5.27. The molecule has 0 radical (unpaired) electrons. The van der Waals surface area contributed by atoms with Crippen LogP contribution in [0.1, 0.15) is 26.9 Å². The van der Waals surface area contributed by atoms with Crippen LogP contribution in [0.4, 0.5) is 0 Å². The molecule has 114 valence electrons. The average molecular weight is 343 g/mol. The zero-order valence-corrected chi connectivity index (χ0v) is 13.9. The molecule has 2 fully saturated rings. The number of thioether (sulfide) groups is 2. The van der Waals surface area contributed by atoms with E-state index in [4.69, 9.17) is 0 Å². The van der Waals surface area contributed by atoms with Gasteiger partial charge in [0.2, 0.25) is 0 Å². The van der Waals surface area contributed by atoms with Gasteiger partial charge in [-0.15, -0.1) is 23.5 Å². The molecule has 0 aliphatic carbocycles. The number of hydrogen-bond donors (Lipinski definition) is 1. The fourth-order valence-electron chi connectivity index (χ4n) is 2.52. The SMILES string of the molecule is O=C(N[C@H]1CCS(=O)(=O)C1)c1ccc(C2SCCS2)cc1. The molecule has 3 rings (SSSR count). The van der Waals surface area contributed by atoms with Crippen LogP contribution in [-0.2, 0) is 9.84 Å². The van der Waals surface area contributed by atoms with Crippen LogP contribution in [0.3, 0.4) is 0 Å². The Hall–Kier alpha value is -0.660. The van der Waals surface area contributed by atoms with Gasteiger partial charge < -0.3 is 5.32 Å². The third kappa shape index (κ3) is 3.76. The zero-order chi connectivity index (χ0) is 14.9. The number of carbonyl (C=O) groups excluding carboxylic acids is 1. The predicted molar refractivity (Wildman–Crippen MR) is 88.6 cm³/mol. The summed E-state index contributed by atoms with van der Waals surface area (Å²) in [5, 5.41) is 2.81. The number of nitrogens with one attached hydrogen (secondary N) is 1. The molecule has 7 heteroatoms. The molecule has 1 atom stereocenters. The Kier molecular flexibility index (Phi) is 4.51. The Morgan fingerprint density at radius 3 is 2.38 bits per heavy atom. The van der Waals surface area contributed by atoms with Gasteiger partial charge in [-0.1, -0.05) is 12.1 Å². The summed E-state index contributed by atoms with van der Waals surface area (Å²) in [6, 6.07) is 7.40. The summed E-state index contributed by atoms with van der Waals surface area (Å²) < 4.78 is 23.3. The molecule has 0 bridgehead atoms. The van der Waals surface area contributed by atoms with Gasteiger partial charge in [0.05, 0.1) is 16.1 Å². The minimum atomic E-state index is -2.96. The molecule has 21 heavy (non-hydrogen) atoms. The molecule has 0 aromatic heterocycles. The van der Waals surface area contributed by atoms with E-state index in [-0.39, 0.29) is 23.5 Å². The van der Waals surface area contributed by atoms with Crippen molar-refractivity contribution >= 4 is 39.3 Å². The van der Waals surface area contributed by atoms with Gasteiger partial charge in [-0.2, -0.15) is 0 Å². The van der Waals surface area contributed by atoms with Crippen molar-refractivity contribution in [3.63, 3.8) is 0 Å². The molecule has 1 N–H and O–H groups in total. The van der Waals surface area contributed by atoms with Crippen LogP contribution >= 0.6 is 23.5 Å². The minimum absolute atomic E-state index is 0.0617. The highest BCUT2D eigenvalue weighted by molar-refractivity contribution is 8.19. The average Bonchev–Trinajstić information content (AvgIpc) is 3.09. The molecular weight excluding hydrogens is 326 g/mol. The first-order chi connectivity index (χ1) is 10.0. The van der Waals surface area contributed by atoms with Gasteiger partial charge >= 0.3 is 0 Å². The molecular formula is C14H17NO3S3. The van der Waals surface area contributed by atoms with E-state index in [0.717, 1.165) is 0 Å². The second-order valence-corrected chi connectivity index (χ2v) is 10.2. The molecule has 2 heterocycles. The smallest absolute Gasteiger partial charge is 0.251 e. The van der Waals surface area contributed by atoms with Gasteiger partial charge in [-0.25, -0.2) is 8.42 Å². The van der Waals surface area contributed by atoms with Crippen molar-refractivity contribution in [2.45, 2.75) is 17.0 Å². The van der Waals surface area contributed by atoms with E-state index in [0.29, 0.717) is 16.6 Å². The summed E-state index contributed by atoms with van der Waals surface area (Å²) in [6.45, 7) is 0. The summed E-state index contributed by atoms with van der Waals surface area (Å²) in [5.41, 5.74) is 1.83. The Labute approximate surface area is 133 Å². The van der Waals surface area contributed by atoms with Crippen molar-refractivity contribution in [2.24, 2.45) is 0 Å². The Bertz CT molecular complexity index is 621. The van der Waals surface area contributed by atoms with E-state index in [9.17, 15) is 13.2 Å². The van der Waals surface area contributed by atoms with Crippen LogP contribution in [0.15, 0.2) is 24.3 Å². The lowest BCUT2D eigenvalue weighted by atomic mass is 10.1. The van der Waals surface area contributed by atoms with Crippen molar-refractivity contribution in [3.05, 3.63) is 35.4 Å². The summed E-state index contributed by atoms with van der Waals surface area (Å²) in [5.74, 6) is 2.40. The lowest BCUT2D eigenvalue weighted by Crippen LogP contribution is -2.35. The van der Waals surface area contributed by atoms with Gasteiger partial charge in [-0.05, 0) is 24.1 Å². The maximum atomic E-state index is 12.1. The maximum Gasteiger partial charge on any atom is 0.251 e. The highest BCUT2D eigenvalue weighted by Crippen LogP contribution is 2.45. The quantitative estimate of drug-likeness (QED) is 0.910. The summed E-state index contributed by atoms with van der Waals surface area (Å²) in [6.07, 6.45) is 0.515. The largest absolute Gasteiger partial charge is 0.348 e. The molecule has 1 aromatic carbocycles. The zero-order valence-electron chi connectivity index (χ0n) is 11.4. The van der Waals surface area contributed by atoms with Crippen molar-refractivity contribution in [1.29, 1.82) is 0 Å². The Morgan fingerprint density at radius 1 is 1.14 bits per heavy atom. The second kappa shape index (κ2) is 6.22. The predicted octanol–water partition coefficient (Wildman–Crippen LogP) is 2.08. The first kappa shape index (κ1) is 15.2. The lowest BCUT2D eigenvalue weighted by molar-refractivity contribution is 0.0941. The monoisotopic (exact) mass is 343 g/mol. The number of sulfone groups is 1. The molecule has 2 saturated heterocycles. The fraction of sp³-hybridized carbons (Fsp3) is 0.500. The van der Waals surface area contributed by atoms with Crippen molar-refractivity contribution in [2.75, 3.05) is 23.0 Å². The van der Waals surface area contributed by atoms with Crippen LogP contribution in [0.5, 0.6) is 0 Å². The lowest BCUT2D eigenvalue weighted by Gasteiger charge is -2.12. The summed E-state index contributed by atoms with van der Waals surface area (Å²) >= 11 is 3.86. The first-order valence-corrected chi connectivity index (χ1v) is 10.8. The molecule has 2 aliphatic heterocycles. The van der Waals surface area contributed by atoms with E-state index in [1.165, 1.54) is 17.1 Å². The van der Waals surface area contributed by atoms with Crippen LogP contribution < -0.4 is 5.32 Å². The number of carbonyl (C=O) groups is 1. The minimum Gasteiger partial charge on any atom is -0.348 e. The number of benzene rings is 1. The third-order valence-corrected chi connectivity index (χ3v) is 8.51. The van der Waals surface area contributed by atoms with Gasteiger partial charge in [0.1, 0.15) is 0 Å². The standard InChI is InChI=1S/C14H17NO3S3/c16-13(15-12-5-8-21(17,18)9-12)10-1-3-11(4-2-10)14-19-6-7-20-14/h1-4,12,14H,5-9H2,(H,15,16)/t12-/m0/s1. The highest BCUT2D eigenvalue weighted by Gasteiger charge is 2.29. The fourth-order valence-corrected chi connectivity index (χ4v) is 7.05. The first-order valence-electron chi connectivity index (χ1n) is 6.88. The Balaban J connectivity index is 1.62. The van der Waals surface area contributed by atoms with E-state index in [1.54, 1.807) is 0 Å². The summed E-state index contributed by atoms with van der Waals surface area (Å²) in [7, 11) is -2.96. The maximum absolute atomic E-state index is 12.1. The molecule has 0 saturated carbocycles. The third-order valence-electron chi connectivity index (χ3n) is 3.63. The Morgan fingerprint density at radius 2 is 1.81 bits per heavy atom. The number of rotatable bonds is 3. The van der Waals surface area contributed by atoms with Crippen LogP contribution in [0.2, 0.25) is 0 Å². The van der Waals surface area contributed by atoms with E-state index >= 15 is 0 Å². The normalized spacial score (nSPS) is 25.0. The molecule has 1 amide bonds. The van der Waals surface area contributed by atoms with E-state index in [2.05, 4.69) is 5.32 Å². The molecule has 2 aliphatic rings. The number of hydrogen-bond acceptors (Lipinski definition) is 5. The van der Waals surface area contributed by atoms with Gasteiger partial charge in [0.25, 0.3) is 5.91 Å². The summed E-state index contributed by atoms with van der Waals surface area (Å²) in [4.78, 5) is 12.1. The van der Waals surface area contributed by atoms with Gasteiger partial charge in [-0.3, -0.25) is 4.79 Å². The van der Waals surface area contributed by atoms with Gasteiger partial charge in [0, 0.05) is 23.1 Å². The van der Waals surface area contributed by atoms with Crippen molar-refractivity contribution in [1.82, 2.24) is 5.32 Å². The van der Waals surface area contributed by atoms with E-state index < -0.39 is 9.84 Å². The molecule has 0 spiro atoms. The number of amides is 1. The van der Waals surface area contributed by atoms with Crippen LogP contribution in [0, 0.1) is 0 Å². The van der Waals surface area contributed by atoms with Crippen molar-refractivity contribution < 1.29 is 13.2 Å². The van der Waals surface area contributed by atoms with Crippen LogP contribution in [0.25, 0.3) is 0 Å². The van der Waals surface area contributed by atoms with Gasteiger partial charge in [0.15, 0.2) is 9.84 Å². The topological polar surface area (TPSA) is 63.2 Å². The molecule has 1 aromatic rings. The molecule has 0 unspecified atom stereocenters.